The third-order valence-corrected chi connectivity index (χ3v) is 9.78. The van der Waals surface area contributed by atoms with Gasteiger partial charge in [0.2, 0.25) is 11.5 Å². The van der Waals surface area contributed by atoms with Gasteiger partial charge in [-0.3, -0.25) is 19.6 Å². The first-order valence-electron chi connectivity index (χ1n) is 16.4. The number of nitrogens with one attached hydrogen (secondary N) is 2. The second-order valence-corrected chi connectivity index (χ2v) is 13.9. The fourth-order valence-corrected chi connectivity index (χ4v) is 7.39. The average Bonchev–Trinajstić information content (AvgIpc) is 3.73. The van der Waals surface area contributed by atoms with Gasteiger partial charge >= 0.3 is 0 Å². The van der Waals surface area contributed by atoms with Gasteiger partial charge in [0.1, 0.15) is 5.82 Å². The minimum absolute atomic E-state index is 0.0529. The van der Waals surface area contributed by atoms with E-state index < -0.39 is 5.60 Å². The lowest BCUT2D eigenvalue weighted by Gasteiger charge is -2.30. The lowest BCUT2D eigenvalue weighted by molar-refractivity contribution is -0.136. The highest BCUT2D eigenvalue weighted by molar-refractivity contribution is 14.1. The Bertz CT molecular complexity index is 1910. The molecule has 4 aromatic rings. The highest BCUT2D eigenvalue weighted by Gasteiger charge is 2.48. The van der Waals surface area contributed by atoms with E-state index in [0.717, 1.165) is 48.2 Å². The third-order valence-electron chi connectivity index (χ3n) is 9.56. The molecule has 13 heteroatoms. The van der Waals surface area contributed by atoms with Gasteiger partial charge in [-0.1, -0.05) is 24.8 Å². The number of H-pyrrole nitrogens is 1. The Morgan fingerprint density at radius 3 is 2.69 bits per heavy atom. The fourth-order valence-electron chi connectivity index (χ4n) is 6.96. The number of ether oxygens (including phenoxy) is 2. The Labute approximate surface area is 297 Å². The molecule has 0 radical (unpaired) electrons. The van der Waals surface area contributed by atoms with Crippen molar-refractivity contribution < 1.29 is 23.5 Å². The summed E-state index contributed by atoms with van der Waals surface area (Å²) >= 11 is 1.97. The summed E-state index contributed by atoms with van der Waals surface area (Å²) in [6.07, 6.45) is 7.94. The van der Waals surface area contributed by atoms with Crippen LogP contribution in [0, 0.1) is 5.82 Å². The van der Waals surface area contributed by atoms with Crippen LogP contribution in [0.1, 0.15) is 42.9 Å². The molecule has 2 amide bonds. The van der Waals surface area contributed by atoms with Gasteiger partial charge in [0.15, 0.2) is 9.59 Å². The van der Waals surface area contributed by atoms with Gasteiger partial charge in [-0.2, -0.15) is 5.10 Å². The molecular weight excluding hydrogens is 740 g/mol. The number of aromatic nitrogens is 4. The molecule has 7 rings (SSSR count). The first-order chi connectivity index (χ1) is 23.8. The zero-order chi connectivity index (χ0) is 34.0. The van der Waals surface area contributed by atoms with Crippen molar-refractivity contribution in [3.05, 3.63) is 88.4 Å². The topological polar surface area (TPSA) is 126 Å². The highest BCUT2D eigenvalue weighted by atomic mass is 127. The predicted octanol–water partition coefficient (Wildman–Crippen LogP) is 5.67. The number of benzene rings is 2. The van der Waals surface area contributed by atoms with Crippen molar-refractivity contribution in [2.45, 2.75) is 37.2 Å². The number of nitrogens with zero attached hydrogens (tertiary/aromatic N) is 5. The van der Waals surface area contributed by atoms with Crippen LogP contribution in [-0.4, -0.2) is 93.3 Å². The molecule has 0 aliphatic carbocycles. The molecule has 0 saturated carbocycles. The number of amides is 2. The van der Waals surface area contributed by atoms with E-state index >= 15 is 4.39 Å². The summed E-state index contributed by atoms with van der Waals surface area (Å²) in [5, 5.41) is 11.7. The number of aromatic amines is 1. The molecule has 2 N–H and O–H groups in total. The quantitative estimate of drug-likeness (QED) is 0.165. The molecule has 3 aliphatic rings. The first-order valence-corrected chi connectivity index (χ1v) is 17.5. The standard InChI is InChI=1S/C36H37FIN7O4/c1-23(38)49-36(35(47)41-27-4-6-31-29(20-27)33(43-42-31)25-9-17-48-18-10-25)11-16-44(22-36)21-32(46)45-14-7-24(8-15-45)28-5-3-26(19-30(28)37)34-39-12-2-13-40-34/h2-7,12-13,19-20,25H,1,8-11,14-18,21-22H2,(H,41,47)(H,42,43)/t36-/m0/s1. The van der Waals surface area contributed by atoms with Crippen LogP contribution in [0.2, 0.25) is 0 Å². The summed E-state index contributed by atoms with van der Waals surface area (Å²) in [6, 6.07) is 12.4. The minimum Gasteiger partial charge on any atom is -0.471 e. The molecule has 2 aromatic heterocycles. The van der Waals surface area contributed by atoms with E-state index in [2.05, 4.69) is 32.1 Å². The molecule has 0 unspecified atom stereocenters. The Morgan fingerprint density at radius 2 is 1.96 bits per heavy atom. The Morgan fingerprint density at radius 1 is 1.14 bits per heavy atom. The van der Waals surface area contributed by atoms with Crippen molar-refractivity contribution in [3.8, 4) is 11.4 Å². The maximum Gasteiger partial charge on any atom is 0.270 e. The van der Waals surface area contributed by atoms with Crippen molar-refractivity contribution in [1.29, 1.82) is 0 Å². The maximum atomic E-state index is 15.1. The number of hydrogen-bond acceptors (Lipinski definition) is 8. The summed E-state index contributed by atoms with van der Waals surface area (Å²) in [6.45, 7) is 7.08. The SMILES string of the molecule is C=C(I)O[C@@]1(C(=O)Nc2ccc3n[nH]c(C4CCOCC4)c3c2)CCN(CC(=O)N2CC=C(c3ccc(-c4ncccn4)cc3F)CC2)C1. The molecule has 49 heavy (non-hydrogen) atoms. The second kappa shape index (κ2) is 14.3. The van der Waals surface area contributed by atoms with Crippen LogP contribution in [0.25, 0.3) is 27.9 Å². The van der Waals surface area contributed by atoms with Crippen molar-refractivity contribution in [3.63, 3.8) is 0 Å². The Kier molecular flexibility index (Phi) is 9.74. The van der Waals surface area contributed by atoms with E-state index in [1.807, 2.05) is 57.8 Å². The number of rotatable bonds is 9. The predicted molar refractivity (Wildman–Crippen MR) is 192 cm³/mol. The van der Waals surface area contributed by atoms with Crippen LogP contribution < -0.4 is 5.32 Å². The van der Waals surface area contributed by atoms with Crippen LogP contribution in [0.4, 0.5) is 10.1 Å². The summed E-state index contributed by atoms with van der Waals surface area (Å²) in [4.78, 5) is 39.4. The van der Waals surface area contributed by atoms with Crippen LogP contribution in [0.5, 0.6) is 0 Å². The zero-order valence-corrected chi connectivity index (χ0v) is 29.1. The van der Waals surface area contributed by atoms with Gasteiger partial charge in [0, 0.05) is 92.0 Å². The lowest BCUT2D eigenvalue weighted by atomic mass is 9.94. The highest BCUT2D eigenvalue weighted by Crippen LogP contribution is 2.35. The summed E-state index contributed by atoms with van der Waals surface area (Å²) < 4.78 is 27.2. The van der Waals surface area contributed by atoms with Crippen LogP contribution in [-0.2, 0) is 19.1 Å². The average molecular weight is 778 g/mol. The number of anilines is 1. The summed E-state index contributed by atoms with van der Waals surface area (Å²) in [7, 11) is 0. The number of fused-ring (bicyclic) bond motifs is 1. The second-order valence-electron chi connectivity index (χ2n) is 12.7. The Hall–Kier alpha value is -4.21. The van der Waals surface area contributed by atoms with Crippen LogP contribution in [0.3, 0.4) is 0 Å². The van der Waals surface area contributed by atoms with Crippen molar-refractivity contribution >= 4 is 56.6 Å². The molecule has 254 valence electrons. The van der Waals surface area contributed by atoms with Gasteiger partial charge in [0.05, 0.1) is 12.1 Å². The van der Waals surface area contributed by atoms with Crippen LogP contribution >= 0.6 is 22.6 Å². The third kappa shape index (κ3) is 7.24. The minimum atomic E-state index is -1.20. The van der Waals surface area contributed by atoms with Gasteiger partial charge in [-0.05, 0) is 77.8 Å². The molecular formula is C36H37FIN7O4. The van der Waals surface area contributed by atoms with Gasteiger partial charge in [-0.25, -0.2) is 14.4 Å². The first kappa shape index (κ1) is 33.3. The number of carbonyl (C=O) groups excluding carboxylic acids is 2. The van der Waals surface area contributed by atoms with E-state index in [4.69, 9.17) is 9.47 Å². The van der Waals surface area contributed by atoms with Gasteiger partial charge < -0.3 is 19.7 Å². The fraction of sp³-hybridized carbons (Fsp3) is 0.361. The van der Waals surface area contributed by atoms with Crippen LogP contribution in [0.15, 0.2) is 71.3 Å². The molecule has 5 heterocycles. The van der Waals surface area contributed by atoms with Crippen molar-refractivity contribution in [2.75, 3.05) is 51.3 Å². The molecule has 11 nitrogen and oxygen atoms in total. The van der Waals surface area contributed by atoms with Gasteiger partial charge in [-0.15, -0.1) is 0 Å². The van der Waals surface area contributed by atoms with E-state index in [9.17, 15) is 9.59 Å². The van der Waals surface area contributed by atoms with E-state index in [1.165, 1.54) is 6.07 Å². The summed E-state index contributed by atoms with van der Waals surface area (Å²) in [5.41, 5.74) is 3.35. The molecule has 2 saturated heterocycles. The molecule has 2 fully saturated rings. The maximum absolute atomic E-state index is 15.1. The molecule has 2 aromatic carbocycles. The molecule has 3 aliphatic heterocycles. The lowest BCUT2D eigenvalue weighted by Crippen LogP contribution is -2.48. The van der Waals surface area contributed by atoms with E-state index in [0.29, 0.717) is 64.8 Å². The molecule has 0 bridgehead atoms. The normalized spacial score (nSPS) is 20.3. The monoisotopic (exact) mass is 777 g/mol. The molecule has 1 atom stereocenters. The zero-order valence-electron chi connectivity index (χ0n) is 27.0. The number of likely N-dealkylation sites (tertiary alicyclic amines) is 1. The molecule has 0 spiro atoms. The number of hydrogen-bond donors (Lipinski definition) is 2. The van der Waals surface area contributed by atoms with E-state index in [1.54, 1.807) is 29.4 Å². The summed E-state index contributed by atoms with van der Waals surface area (Å²) in [5.74, 6) is 0.113. The number of halogens is 2. The number of carbonyl (C=O) groups is 2. The smallest absolute Gasteiger partial charge is 0.270 e. The van der Waals surface area contributed by atoms with Gasteiger partial charge in [0.25, 0.3) is 5.91 Å². The van der Waals surface area contributed by atoms with E-state index in [-0.39, 0.29) is 30.7 Å². The van der Waals surface area contributed by atoms with Crippen molar-refractivity contribution in [2.24, 2.45) is 0 Å². The largest absolute Gasteiger partial charge is 0.471 e. The Balaban J connectivity index is 0.987. The van der Waals surface area contributed by atoms with Crippen molar-refractivity contribution in [1.82, 2.24) is 30.0 Å².